The van der Waals surface area contributed by atoms with Crippen molar-refractivity contribution in [1.29, 1.82) is 0 Å². The van der Waals surface area contributed by atoms with Gasteiger partial charge in [-0.1, -0.05) is 0 Å². The lowest BCUT2D eigenvalue weighted by Crippen LogP contribution is -2.19. The summed E-state index contributed by atoms with van der Waals surface area (Å²) in [6, 6.07) is -0.841. The van der Waals surface area contributed by atoms with Gasteiger partial charge in [-0.25, -0.2) is 4.79 Å². The number of hydrogen-bond acceptors (Lipinski definition) is 4. The zero-order valence-corrected chi connectivity index (χ0v) is 6.22. The number of hydrogen-bond donors (Lipinski definition) is 1. The maximum atomic E-state index is 10.5. The molecule has 0 aliphatic heterocycles. The Morgan fingerprint density at radius 3 is 2.67 bits per heavy atom. The summed E-state index contributed by atoms with van der Waals surface area (Å²) in [6.07, 6.45) is 0.984. The van der Waals surface area contributed by atoms with Gasteiger partial charge in [-0.05, 0) is 6.92 Å². The minimum Gasteiger partial charge on any atom is -0.350 e. The fraction of sp³-hybridized carbons (Fsp3) is 0.200. The van der Waals surface area contributed by atoms with E-state index in [1.165, 1.54) is 6.92 Å². The standard InChI is InChI=1S/C5H6N4O3/c1-3-4(9(11)12)2-8(7-3)5(6)10/h2H,1H3,(H2,6,10). The van der Waals surface area contributed by atoms with Crippen LogP contribution in [0.2, 0.25) is 0 Å². The second-order valence-corrected chi connectivity index (χ2v) is 2.14. The van der Waals surface area contributed by atoms with Gasteiger partial charge in [-0.3, -0.25) is 10.1 Å². The average Bonchev–Trinajstić information content (AvgIpc) is 2.30. The summed E-state index contributed by atoms with van der Waals surface area (Å²) in [4.78, 5) is 20.1. The fourth-order valence-corrected chi connectivity index (χ4v) is 0.743. The van der Waals surface area contributed by atoms with Crippen LogP contribution in [0.1, 0.15) is 5.69 Å². The van der Waals surface area contributed by atoms with Crippen molar-refractivity contribution in [1.82, 2.24) is 9.78 Å². The molecule has 0 radical (unpaired) electrons. The molecule has 0 aromatic carbocycles. The monoisotopic (exact) mass is 170 g/mol. The van der Waals surface area contributed by atoms with E-state index in [0.29, 0.717) is 0 Å². The highest BCUT2D eigenvalue weighted by Crippen LogP contribution is 2.14. The van der Waals surface area contributed by atoms with Gasteiger partial charge in [-0.15, -0.1) is 0 Å². The molecule has 7 nitrogen and oxygen atoms in total. The molecule has 0 saturated heterocycles. The maximum absolute atomic E-state index is 10.5. The Hall–Kier alpha value is -1.92. The number of rotatable bonds is 1. The Balaban J connectivity index is 3.17. The topological polar surface area (TPSA) is 104 Å². The predicted molar refractivity (Wildman–Crippen MR) is 38.6 cm³/mol. The lowest BCUT2D eigenvalue weighted by atomic mass is 10.4. The molecule has 0 atom stereocenters. The third kappa shape index (κ3) is 1.24. The fourth-order valence-electron chi connectivity index (χ4n) is 0.743. The van der Waals surface area contributed by atoms with Crippen LogP contribution < -0.4 is 5.73 Å². The van der Waals surface area contributed by atoms with Crippen molar-refractivity contribution in [3.05, 3.63) is 22.0 Å². The van der Waals surface area contributed by atoms with Crippen LogP contribution in [0.3, 0.4) is 0 Å². The molecule has 0 bridgehead atoms. The van der Waals surface area contributed by atoms with Gasteiger partial charge in [0.1, 0.15) is 11.9 Å². The Labute approximate surface area is 66.9 Å². The second-order valence-electron chi connectivity index (χ2n) is 2.14. The summed E-state index contributed by atoms with van der Waals surface area (Å²) < 4.78 is 0.730. The van der Waals surface area contributed by atoms with Gasteiger partial charge in [0.2, 0.25) is 0 Å². The van der Waals surface area contributed by atoms with Crippen LogP contribution in [-0.2, 0) is 0 Å². The third-order valence-corrected chi connectivity index (χ3v) is 1.30. The highest BCUT2D eigenvalue weighted by atomic mass is 16.6. The molecule has 0 saturated carbocycles. The number of nitrogens with zero attached hydrogens (tertiary/aromatic N) is 3. The number of carbonyl (C=O) groups is 1. The lowest BCUT2D eigenvalue weighted by Gasteiger charge is -1.87. The molecule has 64 valence electrons. The molecule has 1 aromatic heterocycles. The van der Waals surface area contributed by atoms with E-state index in [2.05, 4.69) is 5.10 Å². The van der Waals surface area contributed by atoms with Crippen LogP contribution in [-0.4, -0.2) is 20.7 Å². The molecule has 1 amide bonds. The Morgan fingerprint density at radius 2 is 2.42 bits per heavy atom. The van der Waals surface area contributed by atoms with Crippen LogP contribution in [0.15, 0.2) is 6.20 Å². The van der Waals surface area contributed by atoms with Gasteiger partial charge in [0.05, 0.1) is 4.92 Å². The van der Waals surface area contributed by atoms with E-state index in [-0.39, 0.29) is 11.4 Å². The van der Waals surface area contributed by atoms with E-state index in [4.69, 9.17) is 5.73 Å². The summed E-state index contributed by atoms with van der Waals surface area (Å²) in [5.41, 5.74) is 4.79. The first-order chi connectivity index (χ1) is 5.52. The van der Waals surface area contributed by atoms with E-state index in [1.807, 2.05) is 0 Å². The Bertz CT molecular complexity index is 342. The maximum Gasteiger partial charge on any atom is 0.339 e. The first-order valence-electron chi connectivity index (χ1n) is 3.03. The molecule has 2 N–H and O–H groups in total. The minimum atomic E-state index is -0.841. The Kier molecular flexibility index (Phi) is 1.78. The van der Waals surface area contributed by atoms with E-state index < -0.39 is 11.0 Å². The van der Waals surface area contributed by atoms with Crippen LogP contribution in [0.4, 0.5) is 10.5 Å². The van der Waals surface area contributed by atoms with Gasteiger partial charge in [-0.2, -0.15) is 9.78 Å². The second kappa shape index (κ2) is 2.61. The van der Waals surface area contributed by atoms with Crippen LogP contribution >= 0.6 is 0 Å². The molecular formula is C5H6N4O3. The number of amides is 1. The van der Waals surface area contributed by atoms with Gasteiger partial charge < -0.3 is 5.73 Å². The third-order valence-electron chi connectivity index (χ3n) is 1.30. The summed E-state index contributed by atoms with van der Waals surface area (Å²) in [5.74, 6) is 0. The average molecular weight is 170 g/mol. The number of aromatic nitrogens is 2. The quantitative estimate of drug-likeness (QED) is 0.474. The van der Waals surface area contributed by atoms with E-state index in [1.54, 1.807) is 0 Å². The van der Waals surface area contributed by atoms with Crippen molar-refractivity contribution in [2.75, 3.05) is 0 Å². The molecule has 0 spiro atoms. The minimum absolute atomic E-state index is 0.166. The van der Waals surface area contributed by atoms with Crippen molar-refractivity contribution in [2.45, 2.75) is 6.92 Å². The summed E-state index contributed by atoms with van der Waals surface area (Å²) >= 11 is 0. The zero-order valence-electron chi connectivity index (χ0n) is 6.22. The molecule has 7 heteroatoms. The van der Waals surface area contributed by atoms with E-state index in [0.717, 1.165) is 10.9 Å². The molecule has 1 aromatic rings. The SMILES string of the molecule is Cc1nn(C(N)=O)cc1[N+](=O)[O-]. The van der Waals surface area contributed by atoms with Gasteiger partial charge in [0.25, 0.3) is 0 Å². The highest BCUT2D eigenvalue weighted by Gasteiger charge is 2.16. The van der Waals surface area contributed by atoms with Crippen molar-refractivity contribution in [3.8, 4) is 0 Å². The molecule has 12 heavy (non-hydrogen) atoms. The lowest BCUT2D eigenvalue weighted by molar-refractivity contribution is -0.385. The largest absolute Gasteiger partial charge is 0.350 e. The Morgan fingerprint density at radius 1 is 1.83 bits per heavy atom. The number of aryl methyl sites for hydroxylation is 1. The van der Waals surface area contributed by atoms with Crippen molar-refractivity contribution < 1.29 is 9.72 Å². The smallest absolute Gasteiger partial charge is 0.339 e. The molecule has 0 aliphatic carbocycles. The molecule has 0 unspecified atom stereocenters. The summed E-state index contributed by atoms with van der Waals surface area (Å²) in [6.45, 7) is 1.43. The van der Waals surface area contributed by atoms with Gasteiger partial charge >= 0.3 is 11.7 Å². The van der Waals surface area contributed by atoms with Crippen molar-refractivity contribution >= 4 is 11.7 Å². The molecular weight excluding hydrogens is 164 g/mol. The van der Waals surface area contributed by atoms with Crippen LogP contribution in [0, 0.1) is 17.0 Å². The summed E-state index contributed by atoms with van der Waals surface area (Å²) in [7, 11) is 0. The number of carbonyl (C=O) groups excluding carboxylic acids is 1. The number of nitro groups is 1. The molecule has 0 fully saturated rings. The van der Waals surface area contributed by atoms with Crippen molar-refractivity contribution in [2.24, 2.45) is 5.73 Å². The number of primary amides is 1. The molecule has 0 aliphatic rings. The van der Waals surface area contributed by atoms with Crippen LogP contribution in [0.25, 0.3) is 0 Å². The predicted octanol–water partition coefficient (Wildman–Crippen LogP) is 0.0265. The molecule has 1 heterocycles. The van der Waals surface area contributed by atoms with E-state index >= 15 is 0 Å². The number of nitrogens with two attached hydrogens (primary N) is 1. The summed E-state index contributed by atoms with van der Waals surface area (Å²) in [5, 5.41) is 13.8. The zero-order chi connectivity index (χ0) is 9.30. The van der Waals surface area contributed by atoms with Crippen LogP contribution in [0.5, 0.6) is 0 Å². The molecule has 1 rings (SSSR count). The van der Waals surface area contributed by atoms with Gasteiger partial charge in [0.15, 0.2) is 0 Å². The van der Waals surface area contributed by atoms with Crippen molar-refractivity contribution in [3.63, 3.8) is 0 Å². The first kappa shape index (κ1) is 8.18. The normalized spacial score (nSPS) is 9.75. The van der Waals surface area contributed by atoms with E-state index in [9.17, 15) is 14.9 Å². The van der Waals surface area contributed by atoms with Gasteiger partial charge in [0, 0.05) is 0 Å². The highest BCUT2D eigenvalue weighted by molar-refractivity contribution is 5.74. The first-order valence-corrected chi connectivity index (χ1v) is 3.03.